The van der Waals surface area contributed by atoms with Crippen LogP contribution >= 0.6 is 0 Å². The van der Waals surface area contributed by atoms with Crippen molar-refractivity contribution in [2.24, 2.45) is 0 Å². The van der Waals surface area contributed by atoms with Crippen molar-refractivity contribution in [2.45, 2.75) is 76.0 Å². The van der Waals surface area contributed by atoms with Gasteiger partial charge < -0.3 is 0 Å². The third-order valence-electron chi connectivity index (χ3n) is 4.75. The Morgan fingerprint density at radius 2 is 1.48 bits per heavy atom. The number of unbranched alkanes of at least 4 members (excludes halogenated alkanes) is 8. The topological polar surface area (TPSA) is 54.4 Å². The molecule has 0 unspecified atom stereocenters. The van der Waals surface area contributed by atoms with E-state index in [9.17, 15) is 13.0 Å². The van der Waals surface area contributed by atoms with Crippen LogP contribution in [-0.2, 0) is 16.5 Å². The van der Waals surface area contributed by atoms with E-state index in [0.717, 1.165) is 11.8 Å². The molecule has 4 heteroatoms. The summed E-state index contributed by atoms with van der Waals surface area (Å²) in [5.74, 6) is 0. The second kappa shape index (κ2) is 9.93. The van der Waals surface area contributed by atoms with Gasteiger partial charge in [-0.25, -0.2) is 0 Å². The summed E-state index contributed by atoms with van der Waals surface area (Å²) in [5, 5.41) is 1.45. The first-order chi connectivity index (χ1) is 12.0. The molecule has 0 atom stereocenters. The number of rotatable bonds is 11. The lowest BCUT2D eigenvalue weighted by Crippen LogP contribution is -1.99. The number of aryl methyl sites for hydroxylation is 1. The lowest BCUT2D eigenvalue weighted by atomic mass is 10.0. The van der Waals surface area contributed by atoms with Gasteiger partial charge in [-0.05, 0) is 29.9 Å². The molecule has 0 heterocycles. The van der Waals surface area contributed by atoms with E-state index in [2.05, 4.69) is 6.92 Å². The summed E-state index contributed by atoms with van der Waals surface area (Å²) < 4.78 is 32.2. The lowest BCUT2D eigenvalue weighted by Gasteiger charge is -2.07. The lowest BCUT2D eigenvalue weighted by molar-refractivity contribution is 0.484. The molecule has 3 nitrogen and oxygen atoms in total. The number of benzene rings is 2. The molecule has 0 aliphatic carbocycles. The SMILES string of the molecule is CCCCCCCCCCCc1ccc2c(S(=O)(=O)O)cccc2c1. The van der Waals surface area contributed by atoms with E-state index < -0.39 is 10.1 Å². The van der Waals surface area contributed by atoms with Crippen LogP contribution in [0.25, 0.3) is 10.8 Å². The molecule has 138 valence electrons. The van der Waals surface area contributed by atoms with E-state index in [1.165, 1.54) is 69.4 Å². The summed E-state index contributed by atoms with van der Waals surface area (Å²) in [5.41, 5.74) is 1.22. The van der Waals surface area contributed by atoms with Crippen LogP contribution in [0.15, 0.2) is 41.3 Å². The van der Waals surface area contributed by atoms with Gasteiger partial charge in [0.05, 0.1) is 0 Å². The maximum absolute atomic E-state index is 11.4. The van der Waals surface area contributed by atoms with Crippen molar-refractivity contribution in [2.75, 3.05) is 0 Å². The van der Waals surface area contributed by atoms with E-state index in [0.29, 0.717) is 5.39 Å². The van der Waals surface area contributed by atoms with Crippen LogP contribution in [0.2, 0.25) is 0 Å². The second-order valence-corrected chi connectivity index (χ2v) is 8.26. The predicted molar refractivity (Wildman–Crippen MR) is 105 cm³/mol. The predicted octanol–water partition coefficient (Wildman–Crippen LogP) is 6.16. The molecule has 2 aromatic carbocycles. The highest BCUT2D eigenvalue weighted by atomic mass is 32.2. The van der Waals surface area contributed by atoms with E-state index >= 15 is 0 Å². The van der Waals surface area contributed by atoms with Crippen LogP contribution in [0.4, 0.5) is 0 Å². The smallest absolute Gasteiger partial charge is 0.282 e. The molecule has 0 amide bonds. The summed E-state index contributed by atoms with van der Waals surface area (Å²) in [6.45, 7) is 2.25. The molecule has 0 spiro atoms. The molecule has 0 radical (unpaired) electrons. The standard InChI is InChI=1S/C21H30O3S/c1-2-3-4-5-6-7-8-9-10-12-18-15-16-20-19(17-18)13-11-14-21(20)25(22,23)24/h11,13-17H,2-10,12H2,1H3,(H,22,23,24). The van der Waals surface area contributed by atoms with Crippen LogP contribution in [0.5, 0.6) is 0 Å². The molecule has 25 heavy (non-hydrogen) atoms. The summed E-state index contributed by atoms with van der Waals surface area (Å²) in [7, 11) is -4.18. The molecule has 0 fully saturated rings. The van der Waals surface area contributed by atoms with Gasteiger partial charge in [-0.1, -0.05) is 88.6 Å². The normalized spacial score (nSPS) is 11.9. The Labute approximate surface area is 152 Å². The first-order valence-electron chi connectivity index (χ1n) is 9.51. The van der Waals surface area contributed by atoms with Crippen molar-refractivity contribution in [1.29, 1.82) is 0 Å². The minimum atomic E-state index is -4.18. The van der Waals surface area contributed by atoms with Gasteiger partial charge in [0.25, 0.3) is 10.1 Å². The molecule has 0 aliphatic rings. The molecule has 2 rings (SSSR count). The summed E-state index contributed by atoms with van der Waals surface area (Å²) in [4.78, 5) is -0.0142. The van der Waals surface area contributed by atoms with E-state index in [1.807, 2.05) is 24.3 Å². The summed E-state index contributed by atoms with van der Waals surface area (Å²) in [6.07, 6.45) is 12.8. The highest BCUT2D eigenvalue weighted by molar-refractivity contribution is 7.86. The fourth-order valence-electron chi connectivity index (χ4n) is 3.32. The Hall–Kier alpha value is -1.39. The molecule has 0 aromatic heterocycles. The minimum Gasteiger partial charge on any atom is -0.282 e. The Morgan fingerprint density at radius 1 is 0.840 bits per heavy atom. The van der Waals surface area contributed by atoms with Crippen LogP contribution in [0.3, 0.4) is 0 Å². The highest BCUT2D eigenvalue weighted by Crippen LogP contribution is 2.24. The van der Waals surface area contributed by atoms with Gasteiger partial charge >= 0.3 is 0 Å². The van der Waals surface area contributed by atoms with Gasteiger partial charge in [0.1, 0.15) is 4.90 Å². The summed E-state index contributed by atoms with van der Waals surface area (Å²) in [6, 6.07) is 10.8. The Balaban J connectivity index is 1.81. The maximum atomic E-state index is 11.4. The minimum absolute atomic E-state index is 0.0142. The van der Waals surface area contributed by atoms with Gasteiger partial charge in [0, 0.05) is 5.39 Å². The van der Waals surface area contributed by atoms with Crippen molar-refractivity contribution in [1.82, 2.24) is 0 Å². The van der Waals surface area contributed by atoms with E-state index in [1.54, 1.807) is 6.07 Å². The monoisotopic (exact) mass is 362 g/mol. The number of hydrogen-bond donors (Lipinski definition) is 1. The zero-order valence-electron chi connectivity index (χ0n) is 15.2. The molecule has 0 saturated heterocycles. The molecular weight excluding hydrogens is 332 g/mol. The first-order valence-corrected chi connectivity index (χ1v) is 11.0. The van der Waals surface area contributed by atoms with Crippen molar-refractivity contribution >= 4 is 20.9 Å². The highest BCUT2D eigenvalue weighted by Gasteiger charge is 2.13. The fourth-order valence-corrected chi connectivity index (χ4v) is 4.04. The van der Waals surface area contributed by atoms with Gasteiger partial charge in [0.15, 0.2) is 0 Å². The van der Waals surface area contributed by atoms with Gasteiger partial charge in [-0.2, -0.15) is 8.42 Å². The van der Waals surface area contributed by atoms with Crippen LogP contribution in [0.1, 0.15) is 70.3 Å². The van der Waals surface area contributed by atoms with Crippen LogP contribution in [0, 0.1) is 0 Å². The molecule has 0 aliphatic heterocycles. The zero-order chi connectivity index (χ0) is 18.1. The van der Waals surface area contributed by atoms with Crippen molar-refractivity contribution in [3.05, 3.63) is 42.0 Å². The molecule has 2 aromatic rings. The van der Waals surface area contributed by atoms with Crippen molar-refractivity contribution in [3.63, 3.8) is 0 Å². The van der Waals surface area contributed by atoms with E-state index in [4.69, 9.17) is 0 Å². The third-order valence-corrected chi connectivity index (χ3v) is 5.66. The molecular formula is C21H30O3S. The van der Waals surface area contributed by atoms with Crippen molar-refractivity contribution < 1.29 is 13.0 Å². The first kappa shape index (κ1) is 19.9. The molecule has 1 N–H and O–H groups in total. The van der Waals surface area contributed by atoms with Crippen molar-refractivity contribution in [3.8, 4) is 0 Å². The Bertz CT molecular complexity index is 766. The average molecular weight is 363 g/mol. The van der Waals surface area contributed by atoms with E-state index in [-0.39, 0.29) is 4.90 Å². The van der Waals surface area contributed by atoms with Crippen LogP contribution < -0.4 is 0 Å². The molecule has 0 saturated carbocycles. The van der Waals surface area contributed by atoms with Gasteiger partial charge in [-0.3, -0.25) is 4.55 Å². The van der Waals surface area contributed by atoms with Gasteiger partial charge in [-0.15, -0.1) is 0 Å². The second-order valence-electron chi connectivity index (χ2n) is 6.87. The zero-order valence-corrected chi connectivity index (χ0v) is 16.0. The summed E-state index contributed by atoms with van der Waals surface area (Å²) >= 11 is 0. The van der Waals surface area contributed by atoms with Crippen LogP contribution in [-0.4, -0.2) is 13.0 Å². The number of hydrogen-bond acceptors (Lipinski definition) is 2. The molecule has 0 bridgehead atoms. The quantitative estimate of drug-likeness (QED) is 0.385. The van der Waals surface area contributed by atoms with Gasteiger partial charge in [0.2, 0.25) is 0 Å². The maximum Gasteiger partial charge on any atom is 0.295 e. The average Bonchev–Trinajstić information content (AvgIpc) is 2.58. The Kier molecular flexibility index (Phi) is 7.91. The Morgan fingerprint density at radius 3 is 2.12 bits per heavy atom. The third kappa shape index (κ3) is 6.44. The fraction of sp³-hybridized carbons (Fsp3) is 0.524. The largest absolute Gasteiger partial charge is 0.295 e. The number of fused-ring (bicyclic) bond motifs is 1.